The molecule has 0 aliphatic heterocycles. The molecule has 0 heterocycles. The van der Waals surface area contributed by atoms with Crippen LogP contribution in [0.15, 0.2) is 0 Å². The van der Waals surface area contributed by atoms with Crippen LogP contribution in [0.1, 0.15) is 41.0 Å². The summed E-state index contributed by atoms with van der Waals surface area (Å²) in [5.41, 5.74) is 0. The molecule has 0 atom stereocenters. The lowest BCUT2D eigenvalue weighted by Gasteiger charge is -2.31. The summed E-state index contributed by atoms with van der Waals surface area (Å²) in [5, 5.41) is 0. The Morgan fingerprint density at radius 1 is 1.11 bits per heavy atom. The van der Waals surface area contributed by atoms with Gasteiger partial charge in [0.1, 0.15) is 0 Å². The zero-order chi connectivity index (χ0) is 7.44. The highest BCUT2D eigenvalue weighted by molar-refractivity contribution is 4.87. The molecule has 9 heavy (non-hydrogen) atoms. The molecular formula is C9H19-. The zero-order valence-corrected chi connectivity index (χ0v) is 7.36. The Bertz CT molecular complexity index is 62.4. The summed E-state index contributed by atoms with van der Waals surface area (Å²) in [7, 11) is 0. The maximum atomic E-state index is 2.27. The van der Waals surface area contributed by atoms with Gasteiger partial charge in [-0.2, -0.15) is 19.3 Å². The van der Waals surface area contributed by atoms with Crippen LogP contribution in [-0.4, -0.2) is 0 Å². The Balaban J connectivity index is 3.38. The molecule has 0 spiro atoms. The van der Waals surface area contributed by atoms with Crippen LogP contribution in [0.25, 0.3) is 0 Å². The van der Waals surface area contributed by atoms with Crippen molar-refractivity contribution in [1.29, 1.82) is 0 Å². The van der Waals surface area contributed by atoms with Crippen LogP contribution in [-0.2, 0) is 0 Å². The molecule has 0 radical (unpaired) electrons. The maximum Gasteiger partial charge on any atom is -0.0652 e. The van der Waals surface area contributed by atoms with Gasteiger partial charge in [0, 0.05) is 0 Å². The lowest BCUT2D eigenvalue weighted by molar-refractivity contribution is 0.517. The molecule has 0 saturated heterocycles. The molecule has 0 aliphatic carbocycles. The highest BCUT2D eigenvalue weighted by atomic mass is 14.1. The van der Waals surface area contributed by atoms with E-state index >= 15 is 0 Å². The molecule has 0 aliphatic rings. The monoisotopic (exact) mass is 127 g/mol. The number of hydrogen-bond donors (Lipinski definition) is 0. The van der Waals surface area contributed by atoms with Crippen molar-refractivity contribution in [3.63, 3.8) is 0 Å². The molecule has 0 saturated carbocycles. The van der Waals surface area contributed by atoms with Gasteiger partial charge in [0.05, 0.1) is 0 Å². The minimum atomic E-state index is 0.771. The van der Waals surface area contributed by atoms with E-state index in [4.69, 9.17) is 0 Å². The summed E-state index contributed by atoms with van der Waals surface area (Å²) >= 11 is 0. The lowest BCUT2D eigenvalue weighted by atomic mass is 9.90. The molecule has 0 aromatic rings. The minimum absolute atomic E-state index is 0.771. The Morgan fingerprint density at radius 2 is 1.56 bits per heavy atom. The van der Waals surface area contributed by atoms with E-state index in [0.717, 1.165) is 11.8 Å². The smallest absolute Gasteiger partial charge is 0.0652 e. The summed E-state index contributed by atoms with van der Waals surface area (Å²) in [6, 6.07) is 0. The third kappa shape index (κ3) is 4.50. The first kappa shape index (κ1) is 9.00. The fourth-order valence-electron chi connectivity index (χ4n) is 0.880. The lowest BCUT2D eigenvalue weighted by Crippen LogP contribution is -2.04. The van der Waals surface area contributed by atoms with E-state index < -0.39 is 0 Å². The van der Waals surface area contributed by atoms with E-state index in [1.807, 2.05) is 0 Å². The third-order valence-corrected chi connectivity index (χ3v) is 1.72. The molecule has 0 nitrogen and oxygen atoms in total. The van der Waals surface area contributed by atoms with Gasteiger partial charge in [-0.25, -0.2) is 0 Å². The first-order valence-electron chi connectivity index (χ1n) is 3.86. The van der Waals surface area contributed by atoms with Crippen LogP contribution in [0.2, 0.25) is 0 Å². The van der Waals surface area contributed by atoms with E-state index in [9.17, 15) is 0 Å². The minimum Gasteiger partial charge on any atom is -0.314 e. The largest absolute Gasteiger partial charge is 0.314 e. The van der Waals surface area contributed by atoms with E-state index in [-0.39, 0.29) is 0 Å². The van der Waals surface area contributed by atoms with Crippen molar-refractivity contribution < 1.29 is 0 Å². The van der Waals surface area contributed by atoms with Gasteiger partial charge < -0.3 is 5.92 Å². The van der Waals surface area contributed by atoms with Crippen molar-refractivity contribution in [2.24, 2.45) is 11.8 Å². The quantitative estimate of drug-likeness (QED) is 0.510. The highest BCUT2D eigenvalue weighted by Crippen LogP contribution is 2.20. The van der Waals surface area contributed by atoms with Gasteiger partial charge in [-0.3, -0.25) is 0 Å². The van der Waals surface area contributed by atoms with Crippen LogP contribution < -0.4 is 0 Å². The fraction of sp³-hybridized carbons (Fsp3) is 0.889. The Morgan fingerprint density at radius 3 is 1.67 bits per heavy atom. The van der Waals surface area contributed by atoms with Gasteiger partial charge in [-0.1, -0.05) is 33.6 Å². The summed E-state index contributed by atoms with van der Waals surface area (Å²) in [6.45, 7) is 11.3. The predicted octanol–water partition coefficient (Wildman–Crippen LogP) is 3.28. The molecule has 0 amide bonds. The molecule has 0 rings (SSSR count). The Labute approximate surface area is 59.7 Å². The van der Waals surface area contributed by atoms with Gasteiger partial charge in [-0.15, -0.1) is 0 Å². The van der Waals surface area contributed by atoms with E-state index in [1.54, 1.807) is 5.92 Å². The standard InChI is InChI=1S/C9H19/c1-7(2)6-9(5)8(3)4/h7-8H,6H2,1-5H3/q-1. The van der Waals surface area contributed by atoms with Crippen molar-refractivity contribution in [2.75, 3.05) is 0 Å². The van der Waals surface area contributed by atoms with Crippen molar-refractivity contribution in [2.45, 2.75) is 41.0 Å². The zero-order valence-electron chi connectivity index (χ0n) is 7.36. The summed E-state index contributed by atoms with van der Waals surface area (Å²) in [6.07, 6.45) is 1.29. The molecule has 0 bridgehead atoms. The normalized spacial score (nSPS) is 12.0. The van der Waals surface area contributed by atoms with Crippen molar-refractivity contribution in [3.8, 4) is 0 Å². The van der Waals surface area contributed by atoms with E-state index in [2.05, 4.69) is 34.6 Å². The fourth-order valence-corrected chi connectivity index (χ4v) is 0.880. The van der Waals surface area contributed by atoms with Gasteiger partial charge in [0.25, 0.3) is 0 Å². The van der Waals surface area contributed by atoms with Crippen LogP contribution in [0.5, 0.6) is 0 Å². The van der Waals surface area contributed by atoms with E-state index in [0.29, 0.717) is 0 Å². The summed E-state index contributed by atoms with van der Waals surface area (Å²) in [5.74, 6) is 3.23. The van der Waals surface area contributed by atoms with Crippen LogP contribution in [0, 0.1) is 17.8 Å². The number of rotatable bonds is 3. The third-order valence-electron chi connectivity index (χ3n) is 1.72. The SMILES string of the molecule is C[C-](CC(C)C)C(C)C. The van der Waals surface area contributed by atoms with Crippen molar-refractivity contribution in [1.82, 2.24) is 0 Å². The molecule has 0 fully saturated rings. The van der Waals surface area contributed by atoms with Gasteiger partial charge in [0.15, 0.2) is 0 Å². The van der Waals surface area contributed by atoms with Crippen LogP contribution in [0.3, 0.4) is 0 Å². The molecule has 0 heteroatoms. The van der Waals surface area contributed by atoms with Crippen molar-refractivity contribution >= 4 is 0 Å². The molecule has 0 N–H and O–H groups in total. The Kier molecular flexibility index (Phi) is 3.92. The second-order valence-electron chi connectivity index (χ2n) is 3.60. The highest BCUT2D eigenvalue weighted by Gasteiger charge is 1.94. The summed E-state index contributed by atoms with van der Waals surface area (Å²) in [4.78, 5) is 0. The average Bonchev–Trinajstić information content (AvgIpc) is 1.63. The second-order valence-corrected chi connectivity index (χ2v) is 3.60. The summed E-state index contributed by atoms with van der Waals surface area (Å²) < 4.78 is 0. The second kappa shape index (κ2) is 3.92. The Hall–Kier alpha value is 0. The van der Waals surface area contributed by atoms with Crippen molar-refractivity contribution in [3.05, 3.63) is 5.92 Å². The number of hydrogen-bond acceptors (Lipinski definition) is 0. The average molecular weight is 127 g/mol. The van der Waals surface area contributed by atoms with Crippen LogP contribution >= 0.6 is 0 Å². The molecule has 0 aromatic heterocycles. The first-order chi connectivity index (χ1) is 4.04. The molecule has 0 aromatic carbocycles. The topological polar surface area (TPSA) is 0 Å². The molecular weight excluding hydrogens is 108 g/mol. The molecule has 56 valence electrons. The van der Waals surface area contributed by atoms with Gasteiger partial charge >= 0.3 is 0 Å². The van der Waals surface area contributed by atoms with Gasteiger partial charge in [-0.05, 0) is 0 Å². The first-order valence-corrected chi connectivity index (χ1v) is 3.86. The maximum absolute atomic E-state index is 2.27. The van der Waals surface area contributed by atoms with Gasteiger partial charge in [0.2, 0.25) is 0 Å². The van der Waals surface area contributed by atoms with Crippen LogP contribution in [0.4, 0.5) is 0 Å². The molecule has 0 unspecified atom stereocenters. The van der Waals surface area contributed by atoms with E-state index in [1.165, 1.54) is 6.42 Å². The predicted molar refractivity (Wildman–Crippen MR) is 43.2 cm³/mol.